The summed E-state index contributed by atoms with van der Waals surface area (Å²) < 4.78 is 1.47. The molecule has 3 aromatic rings. The van der Waals surface area contributed by atoms with E-state index in [2.05, 4.69) is 10.1 Å². The third-order valence-electron chi connectivity index (χ3n) is 2.70. The van der Waals surface area contributed by atoms with Gasteiger partial charge in [-0.1, -0.05) is 23.7 Å². The smallest absolute Gasteiger partial charge is 0.543 e. The van der Waals surface area contributed by atoms with E-state index in [1.807, 2.05) is 0 Å². The van der Waals surface area contributed by atoms with E-state index in [0.29, 0.717) is 21.9 Å². The minimum absolute atomic E-state index is 0. The number of halogens is 1. The monoisotopic (exact) mass is 295 g/mol. The fourth-order valence-electron chi connectivity index (χ4n) is 1.90. The van der Waals surface area contributed by atoms with E-state index in [1.165, 1.54) is 4.52 Å². The van der Waals surface area contributed by atoms with Gasteiger partial charge in [-0.2, -0.15) is 5.10 Å². The third-order valence-corrected chi connectivity index (χ3v) is 2.96. The van der Waals surface area contributed by atoms with Crippen molar-refractivity contribution in [1.82, 2.24) is 14.6 Å². The third kappa shape index (κ3) is 2.58. The predicted octanol–water partition coefficient (Wildman–Crippen LogP) is -1.58. The molecule has 2 heterocycles. The Balaban J connectivity index is 0.00000147. The summed E-state index contributed by atoms with van der Waals surface area (Å²) in [7, 11) is 0. The molecule has 0 N–H and O–H groups in total. The second-order valence-corrected chi connectivity index (χ2v) is 4.33. The summed E-state index contributed by atoms with van der Waals surface area (Å²) in [6, 6.07) is 10.2. The molecule has 0 atom stereocenters. The normalized spacial score (nSPS) is 10.2. The molecule has 0 saturated heterocycles. The zero-order valence-corrected chi connectivity index (χ0v) is 13.3. The molecule has 94 valence electrons. The fraction of sp³-hybridized carbons (Fsp3) is 0. The summed E-state index contributed by atoms with van der Waals surface area (Å²) in [6.45, 7) is 0. The number of carbonyl (C=O) groups is 1. The Morgan fingerprint density at radius 1 is 1.20 bits per heavy atom. The van der Waals surface area contributed by atoms with Crippen molar-refractivity contribution in [2.24, 2.45) is 0 Å². The average molecular weight is 296 g/mol. The molecule has 5 nitrogen and oxygen atoms in total. The maximum Gasteiger partial charge on any atom is 1.00 e. The molecular formula is C13H7ClN3NaO2. The van der Waals surface area contributed by atoms with Crippen LogP contribution in [0, 0.1) is 0 Å². The van der Waals surface area contributed by atoms with Crippen molar-refractivity contribution in [2.75, 3.05) is 0 Å². The Bertz CT molecular complexity index is 771. The Kier molecular flexibility index (Phi) is 4.45. The van der Waals surface area contributed by atoms with Crippen LogP contribution in [-0.2, 0) is 0 Å². The number of carboxylic acid groups (broad SMARTS) is 1. The molecular weight excluding hydrogens is 289 g/mol. The van der Waals surface area contributed by atoms with E-state index in [0.717, 1.165) is 0 Å². The summed E-state index contributed by atoms with van der Waals surface area (Å²) in [4.78, 5) is 15.2. The van der Waals surface area contributed by atoms with Gasteiger partial charge in [0.1, 0.15) is 11.4 Å². The summed E-state index contributed by atoms with van der Waals surface area (Å²) in [5, 5.41) is 15.9. The maximum atomic E-state index is 11.2. The molecule has 0 fully saturated rings. The number of aromatic nitrogens is 3. The Hall–Kier alpha value is -1.40. The molecule has 7 heteroatoms. The Morgan fingerprint density at radius 2 is 1.90 bits per heavy atom. The van der Waals surface area contributed by atoms with Gasteiger partial charge in [0.2, 0.25) is 0 Å². The second-order valence-electron chi connectivity index (χ2n) is 3.90. The first-order chi connectivity index (χ1) is 9.16. The van der Waals surface area contributed by atoms with Crippen LogP contribution < -0.4 is 34.7 Å². The molecule has 20 heavy (non-hydrogen) atoms. The molecule has 0 bridgehead atoms. The Morgan fingerprint density at radius 3 is 2.55 bits per heavy atom. The van der Waals surface area contributed by atoms with Gasteiger partial charge in [-0.05, 0) is 24.3 Å². The largest absolute Gasteiger partial charge is 1.00 e. The van der Waals surface area contributed by atoms with Crippen LogP contribution in [0.1, 0.15) is 10.5 Å². The van der Waals surface area contributed by atoms with E-state index >= 15 is 0 Å². The number of carbonyl (C=O) groups excluding carboxylic acids is 1. The number of aromatic carboxylic acids is 1. The van der Waals surface area contributed by atoms with Crippen LogP contribution in [0.5, 0.6) is 0 Å². The van der Waals surface area contributed by atoms with E-state index in [-0.39, 0.29) is 35.3 Å². The number of carboxylic acids is 1. The first-order valence-corrected chi connectivity index (χ1v) is 5.85. The van der Waals surface area contributed by atoms with Gasteiger partial charge in [0.15, 0.2) is 5.65 Å². The number of hydrogen-bond donors (Lipinski definition) is 0. The maximum absolute atomic E-state index is 11.2. The standard InChI is InChI=1S/C13H8ClN3O2.Na/c14-9-5-3-8(4-6-9)12-11(13(18)19)16-10-2-1-7-15-17(10)12;/h1-7H,(H,18,19);/q;+1/p-1. The topological polar surface area (TPSA) is 70.3 Å². The van der Waals surface area contributed by atoms with Crippen molar-refractivity contribution in [3.05, 3.63) is 53.3 Å². The molecule has 2 aromatic heterocycles. The van der Waals surface area contributed by atoms with Crippen LogP contribution in [0.3, 0.4) is 0 Å². The first-order valence-electron chi connectivity index (χ1n) is 5.48. The predicted molar refractivity (Wildman–Crippen MR) is 67.8 cm³/mol. The van der Waals surface area contributed by atoms with Gasteiger partial charge in [-0.15, -0.1) is 0 Å². The van der Waals surface area contributed by atoms with Gasteiger partial charge >= 0.3 is 29.6 Å². The van der Waals surface area contributed by atoms with Crippen molar-refractivity contribution in [3.8, 4) is 11.3 Å². The molecule has 3 rings (SSSR count). The van der Waals surface area contributed by atoms with E-state index in [1.54, 1.807) is 42.6 Å². The first kappa shape index (κ1) is 15.0. The van der Waals surface area contributed by atoms with Crippen LogP contribution >= 0.6 is 11.6 Å². The van der Waals surface area contributed by atoms with Crippen molar-refractivity contribution in [2.45, 2.75) is 0 Å². The molecule has 0 saturated carbocycles. The molecule has 0 aliphatic rings. The van der Waals surface area contributed by atoms with Gasteiger partial charge in [-0.25, -0.2) is 9.50 Å². The van der Waals surface area contributed by atoms with Gasteiger partial charge in [0, 0.05) is 16.8 Å². The van der Waals surface area contributed by atoms with E-state index in [9.17, 15) is 9.90 Å². The van der Waals surface area contributed by atoms with Crippen LogP contribution in [0.25, 0.3) is 16.9 Å². The van der Waals surface area contributed by atoms with E-state index in [4.69, 9.17) is 11.6 Å². The van der Waals surface area contributed by atoms with Crippen LogP contribution in [0.4, 0.5) is 0 Å². The van der Waals surface area contributed by atoms with Gasteiger partial charge in [-0.3, -0.25) is 0 Å². The molecule has 0 radical (unpaired) electrons. The van der Waals surface area contributed by atoms with E-state index < -0.39 is 5.97 Å². The zero-order valence-electron chi connectivity index (χ0n) is 10.6. The Labute approximate surface area is 141 Å². The summed E-state index contributed by atoms with van der Waals surface area (Å²) in [5.41, 5.74) is 1.36. The number of benzene rings is 1. The van der Waals surface area contributed by atoms with Gasteiger partial charge in [0.25, 0.3) is 0 Å². The van der Waals surface area contributed by atoms with Crippen molar-refractivity contribution < 1.29 is 39.5 Å². The second kappa shape index (κ2) is 5.93. The van der Waals surface area contributed by atoms with Crippen molar-refractivity contribution in [3.63, 3.8) is 0 Å². The average Bonchev–Trinajstić information content (AvgIpc) is 2.79. The minimum atomic E-state index is -1.34. The van der Waals surface area contributed by atoms with Crippen molar-refractivity contribution >= 4 is 23.2 Å². The SMILES string of the molecule is O=C([O-])c1nc2cccnn2c1-c1ccc(Cl)cc1.[Na+]. The summed E-state index contributed by atoms with van der Waals surface area (Å²) >= 11 is 5.83. The molecule has 1 aromatic carbocycles. The van der Waals surface area contributed by atoms with Gasteiger partial charge < -0.3 is 9.90 Å². The number of imidazole rings is 1. The van der Waals surface area contributed by atoms with Crippen LogP contribution in [-0.4, -0.2) is 20.6 Å². The number of nitrogens with zero attached hydrogens (tertiary/aromatic N) is 3. The summed E-state index contributed by atoms with van der Waals surface area (Å²) in [6.07, 6.45) is 1.56. The molecule has 0 aliphatic heterocycles. The van der Waals surface area contributed by atoms with Crippen LogP contribution in [0.15, 0.2) is 42.6 Å². The fourth-order valence-corrected chi connectivity index (χ4v) is 2.02. The molecule has 0 amide bonds. The molecule has 0 spiro atoms. The minimum Gasteiger partial charge on any atom is -0.543 e. The molecule has 0 aliphatic carbocycles. The number of hydrogen-bond acceptors (Lipinski definition) is 4. The number of fused-ring (bicyclic) bond motifs is 1. The number of rotatable bonds is 2. The van der Waals surface area contributed by atoms with Gasteiger partial charge in [0.05, 0.1) is 5.97 Å². The van der Waals surface area contributed by atoms with Crippen LogP contribution in [0.2, 0.25) is 5.02 Å². The quantitative estimate of drug-likeness (QED) is 0.535. The van der Waals surface area contributed by atoms with Crippen molar-refractivity contribution in [1.29, 1.82) is 0 Å². The summed E-state index contributed by atoms with van der Waals surface area (Å²) in [5.74, 6) is -1.34. The zero-order chi connectivity index (χ0) is 13.4. The molecule has 0 unspecified atom stereocenters.